The van der Waals surface area contributed by atoms with Crippen LogP contribution in [0.2, 0.25) is 0 Å². The molecule has 4 rings (SSSR count). The van der Waals surface area contributed by atoms with Crippen LogP contribution in [0.5, 0.6) is 0 Å². The smallest absolute Gasteiger partial charge is 0.254 e. The van der Waals surface area contributed by atoms with Gasteiger partial charge in [0.05, 0.1) is 0 Å². The molecule has 3 fully saturated rings. The molecule has 3 aliphatic rings. The van der Waals surface area contributed by atoms with Crippen molar-refractivity contribution in [2.24, 2.45) is 5.92 Å². The minimum atomic E-state index is 0.273. The third kappa shape index (κ3) is 3.37. The van der Waals surface area contributed by atoms with Gasteiger partial charge in [0.15, 0.2) is 0 Å². The molecule has 1 aliphatic carbocycles. The number of hydrogen-bond acceptors (Lipinski definition) is 2. The maximum Gasteiger partial charge on any atom is 0.254 e. The number of fused-ring (bicyclic) bond motifs is 1. The van der Waals surface area contributed by atoms with Gasteiger partial charge in [-0.15, -0.1) is 0 Å². The summed E-state index contributed by atoms with van der Waals surface area (Å²) in [5, 5.41) is 0. The van der Waals surface area contributed by atoms with E-state index in [0.717, 1.165) is 24.6 Å². The summed E-state index contributed by atoms with van der Waals surface area (Å²) in [5.74, 6) is 1.03. The van der Waals surface area contributed by atoms with E-state index in [-0.39, 0.29) is 5.91 Å². The van der Waals surface area contributed by atoms with Crippen LogP contribution in [0.4, 0.5) is 0 Å². The molecule has 24 heavy (non-hydrogen) atoms. The summed E-state index contributed by atoms with van der Waals surface area (Å²) in [6.45, 7) is 4.35. The molecular weight excluding hydrogens is 296 g/mol. The van der Waals surface area contributed by atoms with Crippen LogP contribution in [0.3, 0.4) is 0 Å². The summed E-state index contributed by atoms with van der Waals surface area (Å²) < 4.78 is 0. The lowest BCUT2D eigenvalue weighted by atomic mass is 9.78. The quantitative estimate of drug-likeness (QED) is 0.836. The lowest BCUT2D eigenvalue weighted by molar-refractivity contribution is 0.0390. The lowest BCUT2D eigenvalue weighted by Crippen LogP contribution is -2.49. The summed E-state index contributed by atoms with van der Waals surface area (Å²) >= 11 is 0. The second-order valence-corrected chi connectivity index (χ2v) is 7.94. The number of hydrogen-bond donors (Lipinski definition) is 0. The van der Waals surface area contributed by atoms with Crippen molar-refractivity contribution in [3.63, 3.8) is 0 Å². The van der Waals surface area contributed by atoms with E-state index in [0.29, 0.717) is 6.04 Å². The fourth-order valence-electron chi connectivity index (χ4n) is 5.04. The van der Waals surface area contributed by atoms with Crippen molar-refractivity contribution in [2.45, 2.75) is 64.0 Å². The highest BCUT2D eigenvalue weighted by Crippen LogP contribution is 2.36. The number of rotatable bonds is 3. The van der Waals surface area contributed by atoms with E-state index in [1.165, 1.54) is 70.0 Å². The van der Waals surface area contributed by atoms with E-state index in [9.17, 15) is 4.79 Å². The molecule has 2 aliphatic heterocycles. The molecular formula is C21H30N2O. The summed E-state index contributed by atoms with van der Waals surface area (Å²) in [5.41, 5.74) is 2.19. The fraction of sp³-hybridized carbons (Fsp3) is 0.667. The zero-order valence-corrected chi connectivity index (χ0v) is 14.8. The Labute approximate surface area is 146 Å². The summed E-state index contributed by atoms with van der Waals surface area (Å²) in [4.78, 5) is 17.9. The molecule has 0 unspecified atom stereocenters. The van der Waals surface area contributed by atoms with Crippen molar-refractivity contribution in [1.29, 1.82) is 0 Å². The maximum atomic E-state index is 13.2. The summed E-state index contributed by atoms with van der Waals surface area (Å²) in [6, 6.07) is 8.91. The molecule has 1 amide bonds. The first-order valence-electron chi connectivity index (χ1n) is 9.93. The van der Waals surface area contributed by atoms with E-state index in [1.54, 1.807) is 0 Å². The van der Waals surface area contributed by atoms with Crippen molar-refractivity contribution in [1.82, 2.24) is 9.80 Å². The van der Waals surface area contributed by atoms with Gasteiger partial charge in [-0.3, -0.25) is 9.69 Å². The van der Waals surface area contributed by atoms with Crippen LogP contribution in [-0.4, -0.2) is 41.4 Å². The van der Waals surface area contributed by atoms with Gasteiger partial charge >= 0.3 is 0 Å². The van der Waals surface area contributed by atoms with Gasteiger partial charge in [-0.1, -0.05) is 25.0 Å². The predicted octanol–water partition coefficient (Wildman–Crippen LogP) is 4.08. The normalized spacial score (nSPS) is 27.9. The average molecular weight is 326 g/mol. The van der Waals surface area contributed by atoms with Crippen LogP contribution >= 0.6 is 0 Å². The maximum absolute atomic E-state index is 13.2. The van der Waals surface area contributed by atoms with E-state index in [4.69, 9.17) is 0 Å². The molecule has 3 heteroatoms. The predicted molar refractivity (Wildman–Crippen MR) is 97.0 cm³/mol. The topological polar surface area (TPSA) is 23.6 Å². The minimum absolute atomic E-state index is 0.273. The Balaban J connectivity index is 1.48. The Morgan fingerprint density at radius 2 is 1.75 bits per heavy atom. The molecule has 0 aromatic heterocycles. The largest absolute Gasteiger partial charge is 0.335 e. The molecule has 2 atom stereocenters. The molecule has 0 radical (unpaired) electrons. The Bertz CT molecular complexity index is 577. The van der Waals surface area contributed by atoms with Gasteiger partial charge in [-0.25, -0.2) is 0 Å². The molecule has 2 heterocycles. The molecule has 3 nitrogen and oxygen atoms in total. The van der Waals surface area contributed by atoms with Crippen molar-refractivity contribution in [2.75, 3.05) is 19.6 Å². The second kappa shape index (κ2) is 7.26. The van der Waals surface area contributed by atoms with Gasteiger partial charge in [-0.05, 0) is 75.2 Å². The Morgan fingerprint density at radius 1 is 0.958 bits per heavy atom. The van der Waals surface area contributed by atoms with Gasteiger partial charge in [0.1, 0.15) is 0 Å². The van der Waals surface area contributed by atoms with Gasteiger partial charge in [0, 0.05) is 24.7 Å². The molecule has 1 aromatic rings. The van der Waals surface area contributed by atoms with Gasteiger partial charge in [0.2, 0.25) is 0 Å². The first kappa shape index (κ1) is 16.1. The number of nitrogens with zero attached hydrogens (tertiary/aromatic N) is 2. The van der Waals surface area contributed by atoms with Crippen LogP contribution in [0, 0.1) is 5.92 Å². The highest BCUT2D eigenvalue weighted by Gasteiger charge is 2.35. The molecule has 0 bridgehead atoms. The van der Waals surface area contributed by atoms with E-state index < -0.39 is 0 Å². The molecule has 0 N–H and O–H groups in total. The van der Waals surface area contributed by atoms with E-state index >= 15 is 0 Å². The highest BCUT2D eigenvalue weighted by atomic mass is 16.2. The number of piperidine rings is 1. The monoisotopic (exact) mass is 326 g/mol. The third-order valence-electron chi connectivity index (χ3n) is 6.28. The van der Waals surface area contributed by atoms with Crippen molar-refractivity contribution < 1.29 is 4.79 Å². The van der Waals surface area contributed by atoms with Crippen LogP contribution < -0.4 is 0 Å². The van der Waals surface area contributed by atoms with E-state index in [2.05, 4.69) is 28.0 Å². The van der Waals surface area contributed by atoms with Crippen molar-refractivity contribution in [3.8, 4) is 0 Å². The zero-order chi connectivity index (χ0) is 16.4. The van der Waals surface area contributed by atoms with Crippen LogP contribution in [0.15, 0.2) is 24.3 Å². The van der Waals surface area contributed by atoms with Gasteiger partial charge in [0.25, 0.3) is 5.91 Å². The SMILES string of the molecule is O=C(c1cccc(CN2CCCC2)c1)N1CCC[C@H]2CCCC[C@H]21. The zero-order valence-electron chi connectivity index (χ0n) is 14.8. The first-order chi connectivity index (χ1) is 11.8. The van der Waals surface area contributed by atoms with Crippen molar-refractivity contribution >= 4 is 5.91 Å². The Morgan fingerprint density at radius 3 is 2.62 bits per heavy atom. The number of likely N-dealkylation sites (tertiary alicyclic amines) is 2. The van der Waals surface area contributed by atoms with E-state index in [1.807, 2.05) is 6.07 Å². The van der Waals surface area contributed by atoms with Crippen LogP contribution in [0.25, 0.3) is 0 Å². The van der Waals surface area contributed by atoms with Crippen LogP contribution in [-0.2, 0) is 6.54 Å². The molecule has 1 aromatic carbocycles. The summed E-state index contributed by atoms with van der Waals surface area (Å²) in [6.07, 6.45) is 10.3. The fourth-order valence-corrected chi connectivity index (χ4v) is 5.04. The second-order valence-electron chi connectivity index (χ2n) is 7.94. The lowest BCUT2D eigenvalue weighted by Gasteiger charge is -2.44. The standard InChI is InChI=1S/C21H30N2O/c24-21(23-14-6-10-18-8-1-2-11-20(18)23)19-9-5-7-17(15-19)16-22-12-3-4-13-22/h5,7,9,15,18,20H,1-4,6,8,10-14,16H2/t18-,20-/m1/s1. The first-order valence-corrected chi connectivity index (χ1v) is 9.93. The summed E-state index contributed by atoms with van der Waals surface area (Å²) in [7, 11) is 0. The number of carbonyl (C=O) groups is 1. The Kier molecular flexibility index (Phi) is 4.88. The minimum Gasteiger partial charge on any atom is -0.335 e. The van der Waals surface area contributed by atoms with Crippen LogP contribution in [0.1, 0.15) is 67.3 Å². The average Bonchev–Trinajstić information content (AvgIpc) is 3.14. The van der Waals surface area contributed by atoms with Gasteiger partial charge in [-0.2, -0.15) is 0 Å². The van der Waals surface area contributed by atoms with Gasteiger partial charge < -0.3 is 4.90 Å². The van der Waals surface area contributed by atoms with Crippen molar-refractivity contribution in [3.05, 3.63) is 35.4 Å². The molecule has 0 spiro atoms. The number of benzene rings is 1. The molecule has 130 valence electrons. The molecule has 1 saturated carbocycles. The Hall–Kier alpha value is -1.35. The third-order valence-corrected chi connectivity index (χ3v) is 6.28. The number of carbonyl (C=O) groups excluding carboxylic acids is 1. The highest BCUT2D eigenvalue weighted by molar-refractivity contribution is 5.94. The number of amides is 1. The molecule has 2 saturated heterocycles.